The Balaban J connectivity index is 2.03. The lowest BCUT2D eigenvalue weighted by Crippen LogP contribution is -2.02. The van der Waals surface area contributed by atoms with Crippen molar-refractivity contribution in [3.05, 3.63) is 59.7 Å². The molecule has 2 N–H and O–H groups in total. The number of nitrogen functional groups attached to an aromatic ring is 1. The Labute approximate surface area is 111 Å². The van der Waals surface area contributed by atoms with Crippen LogP contribution in [0.25, 0.3) is 0 Å². The minimum Gasteiger partial charge on any atom is -0.489 e. The molecule has 0 amide bonds. The molecule has 0 atom stereocenters. The van der Waals surface area contributed by atoms with Gasteiger partial charge in [0.05, 0.1) is 12.7 Å². The largest absolute Gasteiger partial charge is 0.489 e. The molecule has 2 aromatic rings. The van der Waals surface area contributed by atoms with Crippen LogP contribution in [0, 0.1) is 0 Å². The molecule has 19 heavy (non-hydrogen) atoms. The third kappa shape index (κ3) is 3.48. The third-order valence-corrected chi connectivity index (χ3v) is 2.64. The molecule has 0 bridgehead atoms. The van der Waals surface area contributed by atoms with Gasteiger partial charge in [-0.25, -0.2) is 4.79 Å². The second-order valence-electron chi connectivity index (χ2n) is 4.05. The molecule has 4 heteroatoms. The molecule has 2 aromatic carbocycles. The number of anilines is 1. The van der Waals surface area contributed by atoms with Gasteiger partial charge in [-0.1, -0.05) is 18.2 Å². The Morgan fingerprint density at radius 3 is 2.58 bits per heavy atom. The summed E-state index contributed by atoms with van der Waals surface area (Å²) in [7, 11) is 1.35. The highest BCUT2D eigenvalue weighted by molar-refractivity contribution is 5.89. The van der Waals surface area contributed by atoms with E-state index in [1.54, 1.807) is 24.3 Å². The fourth-order valence-electron chi connectivity index (χ4n) is 1.61. The molecule has 98 valence electrons. The number of benzene rings is 2. The second-order valence-corrected chi connectivity index (χ2v) is 4.05. The van der Waals surface area contributed by atoms with Crippen LogP contribution in [-0.2, 0) is 11.3 Å². The van der Waals surface area contributed by atoms with Gasteiger partial charge < -0.3 is 15.2 Å². The van der Waals surface area contributed by atoms with Crippen molar-refractivity contribution in [2.24, 2.45) is 0 Å². The number of rotatable bonds is 4. The van der Waals surface area contributed by atoms with E-state index in [0.717, 1.165) is 11.3 Å². The van der Waals surface area contributed by atoms with Crippen molar-refractivity contribution in [2.45, 2.75) is 6.61 Å². The maximum Gasteiger partial charge on any atom is 0.337 e. The summed E-state index contributed by atoms with van der Waals surface area (Å²) < 4.78 is 10.3. The lowest BCUT2D eigenvalue weighted by Gasteiger charge is -2.07. The van der Waals surface area contributed by atoms with Gasteiger partial charge in [0.15, 0.2) is 0 Å². The van der Waals surface area contributed by atoms with Crippen molar-refractivity contribution in [1.29, 1.82) is 0 Å². The van der Waals surface area contributed by atoms with E-state index in [1.807, 2.05) is 24.3 Å². The first kappa shape index (κ1) is 13.0. The highest BCUT2D eigenvalue weighted by Gasteiger charge is 2.06. The lowest BCUT2D eigenvalue weighted by atomic mass is 10.2. The highest BCUT2D eigenvalue weighted by atomic mass is 16.5. The zero-order valence-electron chi connectivity index (χ0n) is 10.6. The molecule has 0 radical (unpaired) electrons. The van der Waals surface area contributed by atoms with Crippen molar-refractivity contribution in [2.75, 3.05) is 12.8 Å². The topological polar surface area (TPSA) is 61.5 Å². The number of ether oxygens (including phenoxy) is 2. The molecule has 0 heterocycles. The summed E-state index contributed by atoms with van der Waals surface area (Å²) in [6.45, 7) is 0.422. The van der Waals surface area contributed by atoms with Crippen LogP contribution >= 0.6 is 0 Å². The van der Waals surface area contributed by atoms with Gasteiger partial charge in [-0.05, 0) is 35.9 Å². The fraction of sp³-hybridized carbons (Fsp3) is 0.133. The molecule has 0 aliphatic rings. The minimum atomic E-state index is -0.377. The van der Waals surface area contributed by atoms with Gasteiger partial charge in [0.1, 0.15) is 12.4 Å². The summed E-state index contributed by atoms with van der Waals surface area (Å²) in [5, 5.41) is 0. The van der Waals surface area contributed by atoms with Crippen LogP contribution in [0.3, 0.4) is 0 Å². The zero-order chi connectivity index (χ0) is 13.7. The molecule has 0 aliphatic heterocycles. The molecule has 0 spiro atoms. The lowest BCUT2D eigenvalue weighted by molar-refractivity contribution is 0.0600. The number of carbonyl (C=O) groups is 1. The van der Waals surface area contributed by atoms with E-state index in [0.29, 0.717) is 17.9 Å². The third-order valence-electron chi connectivity index (χ3n) is 2.64. The summed E-state index contributed by atoms with van der Waals surface area (Å²) in [6.07, 6.45) is 0. The predicted octanol–water partition coefficient (Wildman–Crippen LogP) is 2.63. The van der Waals surface area contributed by atoms with Crippen LogP contribution in [0.2, 0.25) is 0 Å². The van der Waals surface area contributed by atoms with Crippen LogP contribution < -0.4 is 10.5 Å². The van der Waals surface area contributed by atoms with Crippen molar-refractivity contribution in [1.82, 2.24) is 0 Å². The smallest absolute Gasteiger partial charge is 0.337 e. The van der Waals surface area contributed by atoms with Gasteiger partial charge in [0.2, 0.25) is 0 Å². The first-order chi connectivity index (χ1) is 9.19. The molecule has 0 saturated heterocycles. The Morgan fingerprint density at radius 2 is 1.89 bits per heavy atom. The number of hydrogen-bond acceptors (Lipinski definition) is 4. The molecular weight excluding hydrogens is 242 g/mol. The van der Waals surface area contributed by atoms with Gasteiger partial charge in [-0.3, -0.25) is 0 Å². The normalized spacial score (nSPS) is 9.95. The van der Waals surface area contributed by atoms with Crippen LogP contribution in [0.1, 0.15) is 15.9 Å². The van der Waals surface area contributed by atoms with Gasteiger partial charge in [0, 0.05) is 5.69 Å². The molecule has 0 aliphatic carbocycles. The quantitative estimate of drug-likeness (QED) is 0.675. The van der Waals surface area contributed by atoms with Crippen LogP contribution in [-0.4, -0.2) is 13.1 Å². The molecule has 0 aromatic heterocycles. The summed E-state index contributed by atoms with van der Waals surface area (Å²) in [5.41, 5.74) is 7.81. The highest BCUT2D eigenvalue weighted by Crippen LogP contribution is 2.16. The molecule has 4 nitrogen and oxygen atoms in total. The van der Waals surface area contributed by atoms with E-state index in [2.05, 4.69) is 4.74 Å². The summed E-state index contributed by atoms with van der Waals surface area (Å²) in [6, 6.07) is 14.3. The summed E-state index contributed by atoms with van der Waals surface area (Å²) in [5.74, 6) is 0.248. The van der Waals surface area contributed by atoms with Gasteiger partial charge in [0.25, 0.3) is 0 Å². The average Bonchev–Trinajstić information content (AvgIpc) is 2.46. The maximum atomic E-state index is 11.4. The van der Waals surface area contributed by atoms with Crippen LogP contribution in [0.4, 0.5) is 5.69 Å². The molecule has 0 fully saturated rings. The Morgan fingerprint density at radius 1 is 1.16 bits per heavy atom. The van der Waals surface area contributed by atoms with E-state index in [9.17, 15) is 4.79 Å². The summed E-state index contributed by atoms with van der Waals surface area (Å²) in [4.78, 5) is 11.4. The monoisotopic (exact) mass is 257 g/mol. The Bertz CT molecular complexity index is 564. The Kier molecular flexibility index (Phi) is 4.03. The first-order valence-corrected chi connectivity index (χ1v) is 5.84. The number of methoxy groups -OCH3 is 1. The van der Waals surface area contributed by atoms with E-state index in [-0.39, 0.29) is 5.97 Å². The van der Waals surface area contributed by atoms with Gasteiger partial charge in [-0.15, -0.1) is 0 Å². The number of carbonyl (C=O) groups excluding carboxylic acids is 1. The first-order valence-electron chi connectivity index (χ1n) is 5.84. The number of hydrogen-bond donors (Lipinski definition) is 1. The number of esters is 1. The SMILES string of the molecule is COC(=O)c1cccc(OCc2ccc(N)cc2)c1. The van der Waals surface area contributed by atoms with Crippen molar-refractivity contribution in [3.63, 3.8) is 0 Å². The van der Waals surface area contributed by atoms with Crippen molar-refractivity contribution in [3.8, 4) is 5.75 Å². The maximum absolute atomic E-state index is 11.4. The van der Waals surface area contributed by atoms with Crippen LogP contribution in [0.15, 0.2) is 48.5 Å². The van der Waals surface area contributed by atoms with Crippen molar-refractivity contribution >= 4 is 11.7 Å². The zero-order valence-corrected chi connectivity index (χ0v) is 10.6. The summed E-state index contributed by atoms with van der Waals surface area (Å²) >= 11 is 0. The van der Waals surface area contributed by atoms with E-state index < -0.39 is 0 Å². The molecular formula is C15H15NO3. The number of nitrogens with two attached hydrogens (primary N) is 1. The molecule has 0 saturated carbocycles. The Hall–Kier alpha value is -2.49. The fourth-order valence-corrected chi connectivity index (χ4v) is 1.61. The van der Waals surface area contributed by atoms with E-state index in [4.69, 9.17) is 10.5 Å². The van der Waals surface area contributed by atoms with Crippen LogP contribution in [0.5, 0.6) is 5.75 Å². The standard InChI is InChI=1S/C15H15NO3/c1-18-15(17)12-3-2-4-14(9-12)19-10-11-5-7-13(16)8-6-11/h2-9H,10,16H2,1H3. The predicted molar refractivity (Wildman–Crippen MR) is 73.0 cm³/mol. The average molecular weight is 257 g/mol. The van der Waals surface area contributed by atoms with Gasteiger partial charge >= 0.3 is 5.97 Å². The minimum absolute atomic E-state index is 0.377. The van der Waals surface area contributed by atoms with Crippen molar-refractivity contribution < 1.29 is 14.3 Å². The van der Waals surface area contributed by atoms with E-state index >= 15 is 0 Å². The molecule has 0 unspecified atom stereocenters. The van der Waals surface area contributed by atoms with Gasteiger partial charge in [-0.2, -0.15) is 0 Å². The van der Waals surface area contributed by atoms with E-state index in [1.165, 1.54) is 7.11 Å². The molecule has 2 rings (SSSR count). The second kappa shape index (κ2) is 5.91.